The number of hydrogen-bond acceptors (Lipinski definition) is 7. The highest BCUT2D eigenvalue weighted by molar-refractivity contribution is 7.99. The van der Waals surface area contributed by atoms with E-state index in [4.69, 9.17) is 5.26 Å². The Kier molecular flexibility index (Phi) is 3.87. The minimum Gasteiger partial charge on any atom is -0.217 e. The maximum absolute atomic E-state index is 8.70. The molecule has 7 nitrogen and oxygen atoms in total. The number of rotatable bonds is 3. The summed E-state index contributed by atoms with van der Waals surface area (Å²) in [4.78, 5) is 0. The van der Waals surface area contributed by atoms with E-state index in [2.05, 4.69) is 25.7 Å². The van der Waals surface area contributed by atoms with Crippen LogP contribution in [0.1, 0.15) is 43.8 Å². The van der Waals surface area contributed by atoms with Crippen molar-refractivity contribution in [2.45, 2.75) is 48.3 Å². The molecule has 2 heterocycles. The van der Waals surface area contributed by atoms with Crippen LogP contribution in [0.2, 0.25) is 0 Å². The molecule has 2 aromatic heterocycles. The van der Waals surface area contributed by atoms with Crippen molar-refractivity contribution in [1.82, 2.24) is 30.4 Å². The lowest BCUT2D eigenvalue weighted by atomic mass is 9.96. The molecule has 3 rings (SSSR count). The van der Waals surface area contributed by atoms with Gasteiger partial charge in [0.2, 0.25) is 5.16 Å². The quantitative estimate of drug-likeness (QED) is 0.852. The second kappa shape index (κ2) is 5.96. The second-order valence-corrected chi connectivity index (χ2v) is 5.66. The van der Waals surface area contributed by atoms with Gasteiger partial charge in [0.15, 0.2) is 5.69 Å². The topological polar surface area (TPSA) is 93.2 Å². The van der Waals surface area contributed by atoms with Crippen molar-refractivity contribution in [1.29, 1.82) is 5.26 Å². The van der Waals surface area contributed by atoms with Crippen molar-refractivity contribution < 1.29 is 0 Å². The van der Waals surface area contributed by atoms with Gasteiger partial charge < -0.3 is 0 Å². The molecule has 1 saturated carbocycles. The number of aromatic nitrogens is 6. The van der Waals surface area contributed by atoms with Gasteiger partial charge in [-0.1, -0.05) is 19.3 Å². The predicted molar refractivity (Wildman–Crippen MR) is 70.8 cm³/mol. The lowest BCUT2D eigenvalue weighted by molar-refractivity contribution is 0.307. The first-order valence-electron chi connectivity index (χ1n) is 6.56. The summed E-state index contributed by atoms with van der Waals surface area (Å²) in [7, 11) is 0. The molecule has 8 heteroatoms. The lowest BCUT2D eigenvalue weighted by Crippen LogP contribution is -2.15. The monoisotopic (exact) mass is 287 g/mol. The molecule has 0 radical (unpaired) electrons. The van der Waals surface area contributed by atoms with Crippen molar-refractivity contribution in [2.24, 2.45) is 0 Å². The molecule has 1 aliphatic rings. The predicted octanol–water partition coefficient (Wildman–Crippen LogP) is 1.99. The molecule has 20 heavy (non-hydrogen) atoms. The standard InChI is InChI=1S/C12H13N7S/c13-8-9-6-7-11(15-14-9)20-12-16-17-18-19(12)10-4-2-1-3-5-10/h6-7,10H,1-5H2. The molecule has 0 saturated heterocycles. The van der Waals surface area contributed by atoms with Crippen LogP contribution in [0.3, 0.4) is 0 Å². The number of nitrogens with zero attached hydrogens (tertiary/aromatic N) is 7. The van der Waals surface area contributed by atoms with Gasteiger partial charge in [0.1, 0.15) is 11.1 Å². The van der Waals surface area contributed by atoms with Crippen LogP contribution in [0.4, 0.5) is 0 Å². The van der Waals surface area contributed by atoms with Crippen LogP contribution < -0.4 is 0 Å². The Morgan fingerprint density at radius 2 is 2.00 bits per heavy atom. The van der Waals surface area contributed by atoms with E-state index in [1.54, 1.807) is 12.1 Å². The minimum atomic E-state index is 0.307. The van der Waals surface area contributed by atoms with Crippen molar-refractivity contribution in [2.75, 3.05) is 0 Å². The third-order valence-corrected chi connectivity index (χ3v) is 4.21. The van der Waals surface area contributed by atoms with Crippen molar-refractivity contribution in [3.8, 4) is 6.07 Å². The van der Waals surface area contributed by atoms with E-state index in [9.17, 15) is 0 Å². The summed E-state index contributed by atoms with van der Waals surface area (Å²) in [6.45, 7) is 0. The molecular formula is C12H13N7S. The van der Waals surface area contributed by atoms with Gasteiger partial charge >= 0.3 is 0 Å². The first-order chi connectivity index (χ1) is 9.86. The van der Waals surface area contributed by atoms with Crippen LogP contribution >= 0.6 is 11.8 Å². The summed E-state index contributed by atoms with van der Waals surface area (Å²) >= 11 is 1.38. The van der Waals surface area contributed by atoms with Crippen LogP contribution in [-0.4, -0.2) is 30.4 Å². The SMILES string of the molecule is N#Cc1ccc(Sc2nnnn2C2CCCCC2)nn1. The molecule has 0 bridgehead atoms. The highest BCUT2D eigenvalue weighted by Crippen LogP contribution is 2.31. The average molecular weight is 287 g/mol. The molecule has 0 spiro atoms. The van der Waals surface area contributed by atoms with Gasteiger partial charge in [-0.05, 0) is 47.2 Å². The Bertz CT molecular complexity index is 609. The molecule has 102 valence electrons. The van der Waals surface area contributed by atoms with E-state index >= 15 is 0 Å². The average Bonchev–Trinajstić information content (AvgIpc) is 2.97. The summed E-state index contributed by atoms with van der Waals surface area (Å²) in [6, 6.07) is 5.73. The Balaban J connectivity index is 1.77. The highest BCUT2D eigenvalue weighted by atomic mass is 32.2. The minimum absolute atomic E-state index is 0.307. The van der Waals surface area contributed by atoms with Crippen LogP contribution in [0.15, 0.2) is 22.3 Å². The summed E-state index contributed by atoms with van der Waals surface area (Å²) < 4.78 is 1.89. The molecule has 2 aromatic rings. The van der Waals surface area contributed by atoms with Gasteiger partial charge in [0, 0.05) is 0 Å². The van der Waals surface area contributed by atoms with E-state index in [0.29, 0.717) is 16.8 Å². The molecule has 0 aromatic carbocycles. The normalized spacial score (nSPS) is 15.9. The summed E-state index contributed by atoms with van der Waals surface area (Å²) in [5, 5.41) is 29.9. The molecule has 0 atom stereocenters. The number of hydrogen-bond donors (Lipinski definition) is 0. The maximum Gasteiger partial charge on any atom is 0.215 e. The van der Waals surface area contributed by atoms with Crippen LogP contribution in [0, 0.1) is 11.3 Å². The third-order valence-electron chi connectivity index (χ3n) is 3.33. The zero-order valence-corrected chi connectivity index (χ0v) is 11.6. The van der Waals surface area contributed by atoms with Crippen LogP contribution in [0.25, 0.3) is 0 Å². The van der Waals surface area contributed by atoms with Gasteiger partial charge in [0.05, 0.1) is 6.04 Å². The fraction of sp³-hybridized carbons (Fsp3) is 0.500. The fourth-order valence-corrected chi connectivity index (χ4v) is 3.10. The van der Waals surface area contributed by atoms with Crippen molar-refractivity contribution >= 4 is 11.8 Å². The van der Waals surface area contributed by atoms with Gasteiger partial charge in [-0.3, -0.25) is 0 Å². The summed E-state index contributed by atoms with van der Waals surface area (Å²) in [5.41, 5.74) is 0.307. The Morgan fingerprint density at radius 1 is 1.15 bits per heavy atom. The second-order valence-electron chi connectivity index (χ2n) is 4.67. The Morgan fingerprint density at radius 3 is 2.70 bits per heavy atom. The number of tetrazole rings is 1. The third kappa shape index (κ3) is 2.77. The number of nitriles is 1. The zero-order valence-electron chi connectivity index (χ0n) is 10.8. The molecule has 0 aliphatic heterocycles. The Hall–Kier alpha value is -2.01. The molecule has 1 aliphatic carbocycles. The molecule has 0 unspecified atom stereocenters. The van der Waals surface area contributed by atoms with Gasteiger partial charge in [-0.2, -0.15) is 5.26 Å². The van der Waals surface area contributed by atoms with E-state index in [1.807, 2.05) is 10.8 Å². The van der Waals surface area contributed by atoms with Crippen LogP contribution in [-0.2, 0) is 0 Å². The van der Waals surface area contributed by atoms with E-state index < -0.39 is 0 Å². The van der Waals surface area contributed by atoms with E-state index in [0.717, 1.165) is 18.0 Å². The molecule has 1 fully saturated rings. The largest absolute Gasteiger partial charge is 0.217 e. The molecule has 0 amide bonds. The summed E-state index contributed by atoms with van der Waals surface area (Å²) in [6.07, 6.45) is 5.99. The van der Waals surface area contributed by atoms with Crippen molar-refractivity contribution in [3.63, 3.8) is 0 Å². The smallest absolute Gasteiger partial charge is 0.215 e. The summed E-state index contributed by atoms with van der Waals surface area (Å²) in [5.74, 6) is 0. The maximum atomic E-state index is 8.70. The highest BCUT2D eigenvalue weighted by Gasteiger charge is 2.20. The first kappa shape index (κ1) is 13.0. The molecule has 0 N–H and O–H groups in total. The fourth-order valence-electron chi connectivity index (χ4n) is 2.34. The van der Waals surface area contributed by atoms with E-state index in [-0.39, 0.29) is 0 Å². The lowest BCUT2D eigenvalue weighted by Gasteiger charge is -2.21. The first-order valence-corrected chi connectivity index (χ1v) is 7.38. The van der Waals surface area contributed by atoms with Crippen molar-refractivity contribution in [3.05, 3.63) is 17.8 Å². The van der Waals surface area contributed by atoms with Gasteiger partial charge in [-0.25, -0.2) is 4.68 Å². The molecular weight excluding hydrogens is 274 g/mol. The van der Waals surface area contributed by atoms with Gasteiger partial charge in [0.25, 0.3) is 0 Å². The zero-order chi connectivity index (χ0) is 13.8. The van der Waals surface area contributed by atoms with E-state index in [1.165, 1.54) is 31.0 Å². The Labute approximate surface area is 120 Å². The van der Waals surface area contributed by atoms with Crippen LogP contribution in [0.5, 0.6) is 0 Å². The van der Waals surface area contributed by atoms with Gasteiger partial charge in [-0.15, -0.1) is 15.3 Å².